The van der Waals surface area contributed by atoms with Crippen LogP contribution in [0.4, 0.5) is 4.39 Å². The van der Waals surface area contributed by atoms with Crippen LogP contribution in [0, 0.1) is 5.82 Å². The minimum absolute atomic E-state index is 0.0664. The minimum Gasteiger partial charge on any atom is -0.207 e. The number of benzene rings is 1. The molecule has 0 fully saturated rings. The highest BCUT2D eigenvalue weighted by Gasteiger charge is 2.16. The Balaban J connectivity index is 2.39. The Bertz CT molecular complexity index is 516. The molecular formula is C11H5Br3ClFS. The summed E-state index contributed by atoms with van der Waals surface area (Å²) in [7, 11) is 0. The maximum absolute atomic E-state index is 13.3. The first kappa shape index (κ1) is 14.0. The zero-order chi connectivity index (χ0) is 12.6. The van der Waals surface area contributed by atoms with E-state index in [0.29, 0.717) is 5.02 Å². The van der Waals surface area contributed by atoms with Crippen LogP contribution in [0.25, 0.3) is 0 Å². The van der Waals surface area contributed by atoms with Gasteiger partial charge in [-0.2, -0.15) is 0 Å². The molecule has 1 aromatic heterocycles. The van der Waals surface area contributed by atoms with Crippen molar-refractivity contribution in [3.05, 3.63) is 53.8 Å². The molecule has 0 N–H and O–H groups in total. The monoisotopic (exact) mass is 460 g/mol. The van der Waals surface area contributed by atoms with Crippen LogP contribution >= 0.6 is 70.7 Å². The van der Waals surface area contributed by atoms with Gasteiger partial charge in [0.05, 0.1) is 13.6 Å². The average molecular weight is 463 g/mol. The lowest BCUT2D eigenvalue weighted by Crippen LogP contribution is -1.91. The van der Waals surface area contributed by atoms with Gasteiger partial charge in [0, 0.05) is 9.35 Å². The third-order valence-corrected chi connectivity index (χ3v) is 6.41. The maximum atomic E-state index is 13.3. The first-order chi connectivity index (χ1) is 7.97. The van der Waals surface area contributed by atoms with Crippen LogP contribution in [0.3, 0.4) is 0 Å². The Kier molecular flexibility index (Phi) is 4.69. The third kappa shape index (κ3) is 3.32. The summed E-state index contributed by atoms with van der Waals surface area (Å²) in [6.07, 6.45) is 0. The van der Waals surface area contributed by atoms with Crippen molar-refractivity contribution in [1.82, 2.24) is 0 Å². The van der Waals surface area contributed by atoms with Crippen LogP contribution in [0.5, 0.6) is 0 Å². The van der Waals surface area contributed by atoms with Gasteiger partial charge in [-0.25, -0.2) is 4.39 Å². The van der Waals surface area contributed by atoms with Gasteiger partial charge in [0.1, 0.15) is 5.82 Å². The van der Waals surface area contributed by atoms with Crippen molar-refractivity contribution in [3.8, 4) is 0 Å². The van der Waals surface area contributed by atoms with Gasteiger partial charge >= 0.3 is 0 Å². The van der Waals surface area contributed by atoms with Gasteiger partial charge in [0.2, 0.25) is 0 Å². The third-order valence-electron chi connectivity index (χ3n) is 2.09. The molecule has 1 unspecified atom stereocenters. The fourth-order valence-corrected chi connectivity index (χ4v) is 4.29. The van der Waals surface area contributed by atoms with E-state index < -0.39 is 0 Å². The average Bonchev–Trinajstić information content (AvgIpc) is 2.57. The van der Waals surface area contributed by atoms with E-state index in [4.69, 9.17) is 11.6 Å². The van der Waals surface area contributed by atoms with E-state index >= 15 is 0 Å². The van der Waals surface area contributed by atoms with Crippen LogP contribution in [-0.4, -0.2) is 0 Å². The topological polar surface area (TPSA) is 0 Å². The maximum Gasteiger partial charge on any atom is 0.124 e. The molecule has 0 aliphatic carbocycles. The molecule has 6 heteroatoms. The molecule has 0 spiro atoms. The van der Waals surface area contributed by atoms with Crippen LogP contribution in [0.1, 0.15) is 15.3 Å². The summed E-state index contributed by atoms with van der Waals surface area (Å²) in [5, 5.41) is 0.671. The van der Waals surface area contributed by atoms with Crippen LogP contribution in [0.2, 0.25) is 5.02 Å². The van der Waals surface area contributed by atoms with Crippen molar-refractivity contribution in [2.24, 2.45) is 0 Å². The van der Waals surface area contributed by atoms with Crippen molar-refractivity contribution in [2.75, 3.05) is 0 Å². The van der Waals surface area contributed by atoms with E-state index in [-0.39, 0.29) is 10.6 Å². The van der Waals surface area contributed by atoms with E-state index in [2.05, 4.69) is 47.8 Å². The first-order valence-corrected chi connectivity index (χ1v) is 8.22. The molecule has 90 valence electrons. The summed E-state index contributed by atoms with van der Waals surface area (Å²) in [6, 6.07) is 6.69. The lowest BCUT2D eigenvalue weighted by molar-refractivity contribution is 0.625. The Morgan fingerprint density at radius 1 is 1.18 bits per heavy atom. The molecule has 17 heavy (non-hydrogen) atoms. The van der Waals surface area contributed by atoms with Crippen molar-refractivity contribution in [1.29, 1.82) is 0 Å². The quantitative estimate of drug-likeness (QED) is 0.443. The van der Waals surface area contributed by atoms with E-state index in [1.807, 2.05) is 12.1 Å². The lowest BCUT2D eigenvalue weighted by atomic mass is 10.1. The standard InChI is InChI=1S/C11H5Br3ClFS/c12-6-1-5(2-7(16)3-6)10(13)9-4-8(15)11(14)17-9/h1-4,10H. The van der Waals surface area contributed by atoms with Gasteiger partial charge < -0.3 is 0 Å². The highest BCUT2D eigenvalue weighted by Crippen LogP contribution is 2.41. The minimum atomic E-state index is -0.263. The summed E-state index contributed by atoms with van der Waals surface area (Å²) in [6.45, 7) is 0. The summed E-state index contributed by atoms with van der Waals surface area (Å²) < 4.78 is 14.9. The molecule has 2 rings (SSSR count). The molecule has 0 nitrogen and oxygen atoms in total. The predicted molar refractivity (Wildman–Crippen MR) is 81.9 cm³/mol. The van der Waals surface area contributed by atoms with Gasteiger partial charge in [-0.3, -0.25) is 0 Å². The van der Waals surface area contributed by atoms with E-state index in [0.717, 1.165) is 18.7 Å². The zero-order valence-corrected chi connectivity index (χ0v) is 14.5. The van der Waals surface area contributed by atoms with Gasteiger partial charge in [0.15, 0.2) is 0 Å². The number of rotatable bonds is 2. The normalized spacial score (nSPS) is 12.8. The molecule has 1 atom stereocenters. The first-order valence-electron chi connectivity index (χ1n) is 4.52. The van der Waals surface area contributed by atoms with E-state index in [1.54, 1.807) is 0 Å². The van der Waals surface area contributed by atoms with Crippen molar-refractivity contribution < 1.29 is 4.39 Å². The Hall–Kier alpha value is 0.580. The molecule has 0 bridgehead atoms. The molecule has 0 saturated heterocycles. The molecule has 0 aliphatic rings. The van der Waals surface area contributed by atoms with Gasteiger partial charge in [-0.15, -0.1) is 11.3 Å². The predicted octanol–water partition coefficient (Wildman–Crippen LogP) is 6.55. The highest BCUT2D eigenvalue weighted by atomic mass is 79.9. The zero-order valence-electron chi connectivity index (χ0n) is 8.18. The number of hydrogen-bond acceptors (Lipinski definition) is 1. The molecule has 0 saturated carbocycles. The van der Waals surface area contributed by atoms with Gasteiger partial charge in [-0.1, -0.05) is 43.5 Å². The fourth-order valence-electron chi connectivity index (χ4n) is 1.37. The molecular weight excluding hydrogens is 458 g/mol. The molecule has 0 aliphatic heterocycles. The molecule has 1 aromatic carbocycles. The number of alkyl halides is 1. The second-order valence-corrected chi connectivity index (χ2v) is 7.98. The summed E-state index contributed by atoms with van der Waals surface area (Å²) >= 11 is 17.7. The van der Waals surface area contributed by atoms with Crippen LogP contribution in [-0.2, 0) is 0 Å². The Labute approximate surface area is 133 Å². The smallest absolute Gasteiger partial charge is 0.124 e. The Morgan fingerprint density at radius 2 is 1.88 bits per heavy atom. The molecule has 0 radical (unpaired) electrons. The number of thiophene rings is 1. The van der Waals surface area contributed by atoms with Crippen LogP contribution < -0.4 is 0 Å². The summed E-state index contributed by atoms with van der Waals surface area (Å²) in [5.74, 6) is -0.263. The largest absolute Gasteiger partial charge is 0.207 e. The highest BCUT2D eigenvalue weighted by molar-refractivity contribution is 9.11. The summed E-state index contributed by atoms with van der Waals surface area (Å²) in [5.41, 5.74) is 0.849. The van der Waals surface area contributed by atoms with Crippen molar-refractivity contribution in [3.63, 3.8) is 0 Å². The molecule has 0 amide bonds. The second-order valence-electron chi connectivity index (χ2n) is 3.34. The number of hydrogen-bond donors (Lipinski definition) is 0. The van der Waals surface area contributed by atoms with Gasteiger partial charge in [-0.05, 0) is 45.8 Å². The Morgan fingerprint density at radius 3 is 2.41 bits per heavy atom. The fraction of sp³-hybridized carbons (Fsp3) is 0.0909. The summed E-state index contributed by atoms with van der Waals surface area (Å²) in [4.78, 5) is 0.961. The SMILES string of the molecule is Fc1cc(Br)cc(C(Br)c2cc(Cl)c(Br)s2)c1. The van der Waals surface area contributed by atoms with E-state index in [1.165, 1.54) is 23.5 Å². The van der Waals surface area contributed by atoms with Crippen molar-refractivity contribution >= 4 is 70.7 Å². The van der Waals surface area contributed by atoms with Crippen molar-refractivity contribution in [2.45, 2.75) is 4.83 Å². The van der Waals surface area contributed by atoms with Crippen LogP contribution in [0.15, 0.2) is 32.5 Å². The number of halogens is 5. The lowest BCUT2D eigenvalue weighted by Gasteiger charge is -2.08. The van der Waals surface area contributed by atoms with Gasteiger partial charge in [0.25, 0.3) is 0 Å². The molecule has 1 heterocycles. The van der Waals surface area contributed by atoms with E-state index in [9.17, 15) is 4.39 Å². The molecule has 2 aromatic rings. The second kappa shape index (κ2) is 5.70.